The predicted molar refractivity (Wildman–Crippen MR) is 134 cm³/mol. The molecule has 1 fully saturated rings. The van der Waals surface area contributed by atoms with E-state index in [9.17, 15) is 14.4 Å². The quantitative estimate of drug-likeness (QED) is 0.509. The van der Waals surface area contributed by atoms with Crippen molar-refractivity contribution in [2.45, 2.75) is 32.2 Å². The number of benzene rings is 2. The number of amides is 3. The van der Waals surface area contributed by atoms with Gasteiger partial charge >= 0.3 is 0 Å². The molecule has 0 bridgehead atoms. The Morgan fingerprint density at radius 3 is 2.37 bits per heavy atom. The molecule has 2 aromatic rings. The largest absolute Gasteiger partial charge is 0.496 e. The van der Waals surface area contributed by atoms with E-state index in [4.69, 9.17) is 9.47 Å². The summed E-state index contributed by atoms with van der Waals surface area (Å²) in [6.45, 7) is 3.96. The molecule has 0 saturated carbocycles. The number of likely N-dealkylation sites (tertiary alicyclic amines) is 1. The summed E-state index contributed by atoms with van der Waals surface area (Å²) in [5.41, 5.74) is 2.09. The highest BCUT2D eigenvalue weighted by Crippen LogP contribution is 2.25. The molecule has 1 aliphatic rings. The topological polar surface area (TPSA) is 97.0 Å². The predicted octanol–water partition coefficient (Wildman–Crippen LogP) is 2.81. The van der Waals surface area contributed by atoms with Crippen LogP contribution in [0.25, 0.3) is 0 Å². The van der Waals surface area contributed by atoms with E-state index in [1.54, 1.807) is 43.4 Å². The van der Waals surface area contributed by atoms with Gasteiger partial charge in [0.15, 0.2) is 0 Å². The van der Waals surface area contributed by atoms with Crippen molar-refractivity contribution >= 4 is 17.7 Å². The summed E-state index contributed by atoms with van der Waals surface area (Å²) in [6, 6.07) is 13.7. The lowest BCUT2D eigenvalue weighted by molar-refractivity contribution is -0.124. The number of methoxy groups -OCH3 is 2. The molecular weight excluding hydrogens is 446 g/mol. The normalized spacial score (nSPS) is 14.8. The molecule has 2 N–H and O–H groups in total. The third kappa shape index (κ3) is 7.05. The third-order valence-electron chi connectivity index (χ3n) is 6.34. The van der Waals surface area contributed by atoms with Crippen LogP contribution in [-0.2, 0) is 9.53 Å². The Bertz CT molecular complexity index is 1000. The van der Waals surface area contributed by atoms with Gasteiger partial charge in [-0.25, -0.2) is 0 Å². The van der Waals surface area contributed by atoms with Crippen molar-refractivity contribution in [1.29, 1.82) is 0 Å². The van der Waals surface area contributed by atoms with Gasteiger partial charge in [-0.05, 0) is 56.4 Å². The van der Waals surface area contributed by atoms with Gasteiger partial charge in [0.25, 0.3) is 11.8 Å². The number of piperidine rings is 1. The molecule has 3 rings (SSSR count). The van der Waals surface area contributed by atoms with Gasteiger partial charge in [0.2, 0.25) is 5.91 Å². The second-order valence-electron chi connectivity index (χ2n) is 8.78. The lowest BCUT2D eigenvalue weighted by atomic mass is 9.88. The average Bonchev–Trinajstić information content (AvgIpc) is 2.89. The minimum absolute atomic E-state index is 0.0893. The van der Waals surface area contributed by atoms with E-state index in [0.717, 1.165) is 5.56 Å². The highest BCUT2D eigenvalue weighted by Gasteiger charge is 2.34. The number of para-hydroxylation sites is 1. The molecule has 0 radical (unpaired) electrons. The molecule has 1 saturated heterocycles. The van der Waals surface area contributed by atoms with Crippen LogP contribution in [0, 0.1) is 12.8 Å². The molecular formula is C27H35N3O5. The fourth-order valence-electron chi connectivity index (χ4n) is 4.29. The molecule has 188 valence electrons. The number of rotatable bonds is 10. The molecule has 2 aromatic carbocycles. The number of nitrogens with zero attached hydrogens (tertiary/aromatic N) is 1. The van der Waals surface area contributed by atoms with E-state index in [1.807, 2.05) is 31.2 Å². The van der Waals surface area contributed by atoms with Gasteiger partial charge in [0.1, 0.15) is 11.8 Å². The molecule has 8 nitrogen and oxygen atoms in total. The van der Waals surface area contributed by atoms with E-state index < -0.39 is 6.04 Å². The third-order valence-corrected chi connectivity index (χ3v) is 6.34. The lowest BCUT2D eigenvalue weighted by Gasteiger charge is -2.36. The van der Waals surface area contributed by atoms with Gasteiger partial charge in [-0.2, -0.15) is 0 Å². The van der Waals surface area contributed by atoms with E-state index in [2.05, 4.69) is 10.6 Å². The number of ether oxygens (including phenoxy) is 2. The molecule has 8 heteroatoms. The Labute approximate surface area is 207 Å². The number of hydrogen-bond donors (Lipinski definition) is 2. The summed E-state index contributed by atoms with van der Waals surface area (Å²) in [4.78, 5) is 40.9. The molecule has 0 aromatic heterocycles. The van der Waals surface area contributed by atoms with E-state index in [1.165, 1.54) is 0 Å². The standard InChI is InChI=1S/C27H35N3O5/c1-19-9-11-21(12-10-19)25(31)29-24(26(32)28-15-6-18-34-2)20-13-16-30(17-14-20)27(33)22-7-4-5-8-23(22)35-3/h4-5,7-12,20,24H,6,13-18H2,1-3H3,(H,28,32)(H,29,31)/t24-/m1/s1. The van der Waals surface area contributed by atoms with Crippen molar-refractivity contribution in [3.8, 4) is 5.75 Å². The summed E-state index contributed by atoms with van der Waals surface area (Å²) in [5.74, 6) is -0.136. The molecule has 3 amide bonds. The first kappa shape index (κ1) is 26.2. The van der Waals surface area contributed by atoms with E-state index in [-0.39, 0.29) is 23.6 Å². The van der Waals surface area contributed by atoms with Crippen LogP contribution in [0.4, 0.5) is 0 Å². The van der Waals surface area contributed by atoms with Crippen molar-refractivity contribution in [2.24, 2.45) is 5.92 Å². The van der Waals surface area contributed by atoms with Gasteiger partial charge in [0.05, 0.1) is 12.7 Å². The Balaban J connectivity index is 1.68. The maximum absolute atomic E-state index is 13.1. The van der Waals surface area contributed by atoms with Crippen LogP contribution in [0.2, 0.25) is 0 Å². The number of carbonyl (C=O) groups is 3. The van der Waals surface area contributed by atoms with Crippen LogP contribution in [0.15, 0.2) is 48.5 Å². The second kappa shape index (κ2) is 12.9. The van der Waals surface area contributed by atoms with Crippen molar-refractivity contribution in [2.75, 3.05) is 40.5 Å². The van der Waals surface area contributed by atoms with Gasteiger partial charge in [-0.1, -0.05) is 29.8 Å². The van der Waals surface area contributed by atoms with Crippen molar-refractivity contribution in [3.05, 3.63) is 65.2 Å². The fraction of sp³-hybridized carbons (Fsp3) is 0.444. The Hall–Kier alpha value is -3.39. The van der Waals surface area contributed by atoms with Crippen LogP contribution >= 0.6 is 0 Å². The summed E-state index contributed by atoms with van der Waals surface area (Å²) in [6.07, 6.45) is 1.89. The van der Waals surface area contributed by atoms with Crippen molar-refractivity contribution in [3.63, 3.8) is 0 Å². The minimum atomic E-state index is -0.685. The number of nitrogens with one attached hydrogen (secondary N) is 2. The zero-order chi connectivity index (χ0) is 25.2. The highest BCUT2D eigenvalue weighted by atomic mass is 16.5. The molecule has 1 atom stereocenters. The first-order valence-corrected chi connectivity index (χ1v) is 12.0. The SMILES string of the molecule is COCCCNC(=O)[C@H](NC(=O)c1ccc(C)cc1)C1CCN(C(=O)c2ccccc2OC)CC1. The highest BCUT2D eigenvalue weighted by molar-refractivity contribution is 5.98. The number of aryl methyl sites for hydroxylation is 1. The fourth-order valence-corrected chi connectivity index (χ4v) is 4.29. The minimum Gasteiger partial charge on any atom is -0.496 e. The van der Waals surface area contributed by atoms with Gasteiger partial charge < -0.3 is 25.0 Å². The van der Waals surface area contributed by atoms with E-state index in [0.29, 0.717) is 62.4 Å². The monoisotopic (exact) mass is 481 g/mol. The Morgan fingerprint density at radius 2 is 1.71 bits per heavy atom. The van der Waals surface area contributed by atoms with Crippen LogP contribution in [-0.4, -0.2) is 69.1 Å². The van der Waals surface area contributed by atoms with Crippen LogP contribution in [0.5, 0.6) is 5.75 Å². The first-order chi connectivity index (χ1) is 16.9. The van der Waals surface area contributed by atoms with Crippen molar-refractivity contribution < 1.29 is 23.9 Å². The molecule has 0 aliphatic carbocycles. The smallest absolute Gasteiger partial charge is 0.257 e. The van der Waals surface area contributed by atoms with Crippen LogP contribution < -0.4 is 15.4 Å². The first-order valence-electron chi connectivity index (χ1n) is 12.0. The Morgan fingerprint density at radius 1 is 1.03 bits per heavy atom. The van der Waals surface area contributed by atoms with Crippen LogP contribution in [0.3, 0.4) is 0 Å². The lowest BCUT2D eigenvalue weighted by Crippen LogP contribution is -2.54. The zero-order valence-electron chi connectivity index (χ0n) is 20.7. The zero-order valence-corrected chi connectivity index (χ0v) is 20.7. The molecule has 1 heterocycles. The summed E-state index contributed by atoms with van der Waals surface area (Å²) in [5, 5.41) is 5.88. The average molecular weight is 482 g/mol. The maximum atomic E-state index is 13.1. The van der Waals surface area contributed by atoms with Gasteiger partial charge in [-0.3, -0.25) is 14.4 Å². The maximum Gasteiger partial charge on any atom is 0.257 e. The summed E-state index contributed by atoms with van der Waals surface area (Å²) >= 11 is 0. The molecule has 0 spiro atoms. The van der Waals surface area contributed by atoms with E-state index >= 15 is 0 Å². The second-order valence-corrected chi connectivity index (χ2v) is 8.78. The molecule has 1 aliphatic heterocycles. The number of hydrogen-bond acceptors (Lipinski definition) is 5. The number of carbonyl (C=O) groups excluding carboxylic acids is 3. The van der Waals surface area contributed by atoms with Gasteiger partial charge in [0, 0.05) is 38.9 Å². The van der Waals surface area contributed by atoms with Crippen molar-refractivity contribution in [1.82, 2.24) is 15.5 Å². The van der Waals surface area contributed by atoms with Crippen LogP contribution in [0.1, 0.15) is 45.5 Å². The molecule has 35 heavy (non-hydrogen) atoms. The molecule has 0 unspecified atom stereocenters. The summed E-state index contributed by atoms with van der Waals surface area (Å²) in [7, 11) is 3.16. The summed E-state index contributed by atoms with van der Waals surface area (Å²) < 4.78 is 10.4. The Kier molecular flexibility index (Phi) is 9.66. The van der Waals surface area contributed by atoms with Gasteiger partial charge in [-0.15, -0.1) is 0 Å².